The van der Waals surface area contributed by atoms with E-state index < -0.39 is 0 Å². The third kappa shape index (κ3) is 10.2. The number of rotatable bonds is 7. The summed E-state index contributed by atoms with van der Waals surface area (Å²) < 4.78 is 5.05. The Hall–Kier alpha value is 0.230. The maximum atomic E-state index is 8.36. The third-order valence-electron chi connectivity index (χ3n) is 0.988. The zero-order chi connectivity index (χ0) is 8.53. The van der Waals surface area contributed by atoms with Gasteiger partial charge < -0.3 is 15.6 Å². The average molecular weight is 179 g/mol. The molecule has 0 heterocycles. The quantitative estimate of drug-likeness (QED) is 0.543. The van der Waals surface area contributed by atoms with Crippen LogP contribution in [0.3, 0.4) is 0 Å². The van der Waals surface area contributed by atoms with Crippen LogP contribution < -0.4 is 5.73 Å². The first-order valence-corrected chi connectivity index (χ1v) is 4.94. The van der Waals surface area contributed by atoms with Crippen molar-refractivity contribution in [3.05, 3.63) is 0 Å². The maximum Gasteiger partial charge on any atom is 0.0698 e. The van der Waals surface area contributed by atoms with Gasteiger partial charge in [0, 0.05) is 17.5 Å². The highest BCUT2D eigenvalue weighted by molar-refractivity contribution is 7.99. The van der Waals surface area contributed by atoms with E-state index in [0.29, 0.717) is 13.2 Å². The van der Waals surface area contributed by atoms with Crippen molar-refractivity contribution in [3.8, 4) is 0 Å². The molecule has 3 N–H and O–H groups in total. The van der Waals surface area contributed by atoms with Crippen LogP contribution in [0.2, 0.25) is 0 Å². The standard InChI is InChI=1S/C7H17NO2S/c1-7(8)6-11-5-4-10-3-2-9/h7,9H,2-6,8H2,1H3. The van der Waals surface area contributed by atoms with Crippen LogP contribution >= 0.6 is 11.8 Å². The second-order valence-corrected chi connectivity index (χ2v) is 3.54. The van der Waals surface area contributed by atoms with Crippen molar-refractivity contribution in [2.24, 2.45) is 5.73 Å². The molecule has 0 aliphatic rings. The molecule has 0 fully saturated rings. The minimum absolute atomic E-state index is 0.109. The monoisotopic (exact) mass is 179 g/mol. The lowest BCUT2D eigenvalue weighted by Crippen LogP contribution is -2.18. The number of thioether (sulfide) groups is 1. The third-order valence-corrected chi connectivity index (χ3v) is 2.21. The van der Waals surface area contributed by atoms with Gasteiger partial charge >= 0.3 is 0 Å². The Morgan fingerprint density at radius 2 is 2.27 bits per heavy atom. The number of ether oxygens (including phenoxy) is 1. The van der Waals surface area contributed by atoms with Crippen LogP contribution in [0.4, 0.5) is 0 Å². The van der Waals surface area contributed by atoms with Gasteiger partial charge in [0.1, 0.15) is 0 Å². The summed E-state index contributed by atoms with van der Waals surface area (Å²) in [4.78, 5) is 0. The second-order valence-electron chi connectivity index (χ2n) is 2.39. The van der Waals surface area contributed by atoms with Crippen molar-refractivity contribution < 1.29 is 9.84 Å². The maximum absolute atomic E-state index is 8.36. The molecule has 68 valence electrons. The fraction of sp³-hybridized carbons (Fsp3) is 1.00. The van der Waals surface area contributed by atoms with Gasteiger partial charge in [-0.25, -0.2) is 0 Å². The van der Waals surface area contributed by atoms with Gasteiger partial charge in [0.15, 0.2) is 0 Å². The van der Waals surface area contributed by atoms with E-state index in [1.807, 2.05) is 6.92 Å². The first-order valence-electron chi connectivity index (χ1n) is 3.79. The smallest absolute Gasteiger partial charge is 0.0698 e. The summed E-state index contributed by atoms with van der Waals surface area (Å²) in [6, 6.07) is 0.262. The SMILES string of the molecule is CC(N)CSCCOCCO. The van der Waals surface area contributed by atoms with Gasteiger partial charge in [-0.2, -0.15) is 11.8 Å². The van der Waals surface area contributed by atoms with Crippen molar-refractivity contribution in [2.45, 2.75) is 13.0 Å². The molecule has 0 aliphatic carbocycles. The molecule has 4 heteroatoms. The first kappa shape index (κ1) is 11.2. The number of hydrogen-bond donors (Lipinski definition) is 2. The summed E-state index contributed by atoms with van der Waals surface area (Å²) >= 11 is 1.78. The van der Waals surface area contributed by atoms with Gasteiger partial charge in [-0.15, -0.1) is 0 Å². The Morgan fingerprint density at radius 1 is 1.55 bits per heavy atom. The minimum atomic E-state index is 0.109. The lowest BCUT2D eigenvalue weighted by molar-refractivity contribution is 0.103. The molecule has 0 amide bonds. The summed E-state index contributed by atoms with van der Waals surface area (Å²) in [5.74, 6) is 1.93. The van der Waals surface area contributed by atoms with Crippen molar-refractivity contribution in [3.63, 3.8) is 0 Å². The average Bonchev–Trinajstić information content (AvgIpc) is 1.96. The van der Waals surface area contributed by atoms with E-state index in [2.05, 4.69) is 0 Å². The minimum Gasteiger partial charge on any atom is -0.394 e. The Morgan fingerprint density at radius 3 is 2.82 bits per heavy atom. The van der Waals surface area contributed by atoms with Crippen molar-refractivity contribution >= 4 is 11.8 Å². The molecular weight excluding hydrogens is 162 g/mol. The van der Waals surface area contributed by atoms with Gasteiger partial charge in [-0.05, 0) is 6.92 Å². The number of nitrogens with two attached hydrogens (primary N) is 1. The molecule has 0 aromatic carbocycles. The lowest BCUT2D eigenvalue weighted by atomic mass is 10.4. The Labute approximate surface area is 72.3 Å². The van der Waals surface area contributed by atoms with Crippen LogP contribution in [-0.2, 0) is 4.74 Å². The molecule has 0 aliphatic heterocycles. The van der Waals surface area contributed by atoms with E-state index in [-0.39, 0.29) is 12.6 Å². The predicted octanol–water partition coefficient (Wildman–Crippen LogP) is 0.0757. The summed E-state index contributed by atoms with van der Waals surface area (Å²) in [7, 11) is 0. The fourth-order valence-corrected chi connectivity index (χ4v) is 1.33. The summed E-state index contributed by atoms with van der Waals surface area (Å²) in [5, 5.41) is 8.36. The van der Waals surface area contributed by atoms with Crippen molar-refractivity contribution in [1.82, 2.24) is 0 Å². The van der Waals surface area contributed by atoms with Crippen LogP contribution in [0.1, 0.15) is 6.92 Å². The highest BCUT2D eigenvalue weighted by Crippen LogP contribution is 2.00. The fourth-order valence-electron chi connectivity index (χ4n) is 0.554. The number of hydrogen-bond acceptors (Lipinski definition) is 4. The van der Waals surface area contributed by atoms with E-state index in [1.165, 1.54) is 0 Å². The van der Waals surface area contributed by atoms with Gasteiger partial charge in [-0.1, -0.05) is 0 Å². The van der Waals surface area contributed by atoms with E-state index in [4.69, 9.17) is 15.6 Å². The lowest BCUT2D eigenvalue weighted by Gasteiger charge is -2.04. The van der Waals surface area contributed by atoms with Crippen molar-refractivity contribution in [1.29, 1.82) is 0 Å². The Balaban J connectivity index is 2.80. The molecule has 1 unspecified atom stereocenters. The zero-order valence-corrected chi connectivity index (χ0v) is 7.77. The number of aliphatic hydroxyl groups excluding tert-OH is 1. The Bertz CT molecular complexity index is 80.8. The van der Waals surface area contributed by atoms with E-state index in [0.717, 1.165) is 11.5 Å². The van der Waals surface area contributed by atoms with Gasteiger partial charge in [0.25, 0.3) is 0 Å². The highest BCUT2D eigenvalue weighted by Gasteiger charge is 1.93. The molecule has 11 heavy (non-hydrogen) atoms. The normalized spacial score (nSPS) is 13.4. The van der Waals surface area contributed by atoms with Crippen LogP contribution in [-0.4, -0.2) is 42.5 Å². The van der Waals surface area contributed by atoms with E-state index in [9.17, 15) is 0 Å². The highest BCUT2D eigenvalue weighted by atomic mass is 32.2. The zero-order valence-electron chi connectivity index (χ0n) is 6.95. The second kappa shape index (κ2) is 8.33. The van der Waals surface area contributed by atoms with Crippen LogP contribution in [0.25, 0.3) is 0 Å². The van der Waals surface area contributed by atoms with Gasteiger partial charge in [-0.3, -0.25) is 0 Å². The first-order chi connectivity index (χ1) is 5.27. The molecule has 0 aromatic heterocycles. The van der Waals surface area contributed by atoms with Crippen LogP contribution in [0, 0.1) is 0 Å². The molecule has 0 radical (unpaired) electrons. The largest absolute Gasteiger partial charge is 0.394 e. The van der Waals surface area contributed by atoms with E-state index in [1.54, 1.807) is 11.8 Å². The summed E-state index contributed by atoms with van der Waals surface area (Å²) in [5.41, 5.74) is 5.53. The molecular formula is C7H17NO2S. The Kier molecular flexibility index (Phi) is 8.50. The van der Waals surface area contributed by atoms with Gasteiger partial charge in [0.05, 0.1) is 19.8 Å². The molecule has 3 nitrogen and oxygen atoms in total. The molecule has 0 saturated heterocycles. The van der Waals surface area contributed by atoms with Crippen LogP contribution in [0.5, 0.6) is 0 Å². The molecule has 0 spiro atoms. The summed E-state index contributed by atoms with van der Waals surface area (Å²) in [6.45, 7) is 3.25. The molecule has 0 rings (SSSR count). The topological polar surface area (TPSA) is 55.5 Å². The molecule has 1 atom stereocenters. The predicted molar refractivity (Wildman–Crippen MR) is 48.9 cm³/mol. The summed E-state index contributed by atoms with van der Waals surface area (Å²) in [6.07, 6.45) is 0. The molecule has 0 bridgehead atoms. The number of aliphatic hydroxyl groups is 1. The van der Waals surface area contributed by atoms with E-state index >= 15 is 0 Å². The van der Waals surface area contributed by atoms with Gasteiger partial charge in [0.2, 0.25) is 0 Å². The molecule has 0 aromatic rings. The van der Waals surface area contributed by atoms with Crippen molar-refractivity contribution in [2.75, 3.05) is 31.3 Å². The molecule has 0 saturated carbocycles. The van der Waals surface area contributed by atoms with Crippen LogP contribution in [0.15, 0.2) is 0 Å².